The molecule has 0 aliphatic rings. The van der Waals surface area contributed by atoms with Gasteiger partial charge in [-0.15, -0.1) is 24.0 Å². The maximum Gasteiger partial charge on any atom is 0.191 e. The quantitative estimate of drug-likeness (QED) is 0.321. The van der Waals surface area contributed by atoms with Gasteiger partial charge in [-0.2, -0.15) is 5.10 Å². The van der Waals surface area contributed by atoms with Crippen LogP contribution in [-0.2, 0) is 13.1 Å². The molecule has 0 saturated heterocycles. The van der Waals surface area contributed by atoms with Crippen molar-refractivity contribution in [2.75, 3.05) is 6.54 Å². The van der Waals surface area contributed by atoms with Crippen LogP contribution in [0.4, 0.5) is 4.39 Å². The van der Waals surface area contributed by atoms with Gasteiger partial charge in [0.2, 0.25) is 0 Å². The highest BCUT2D eigenvalue weighted by Crippen LogP contribution is 2.07. The van der Waals surface area contributed by atoms with Crippen molar-refractivity contribution in [3.63, 3.8) is 0 Å². The smallest absolute Gasteiger partial charge is 0.191 e. The molecule has 2 N–H and O–H groups in total. The summed E-state index contributed by atoms with van der Waals surface area (Å²) in [4.78, 5) is 4.53. The predicted molar refractivity (Wildman–Crippen MR) is 117 cm³/mol. The second-order valence-electron chi connectivity index (χ2n) is 5.76. The zero-order valence-corrected chi connectivity index (χ0v) is 17.4. The molecule has 0 amide bonds. The Morgan fingerprint density at radius 3 is 2.48 bits per heavy atom. The molecule has 1 heterocycles. The number of aromatic nitrogens is 2. The first kappa shape index (κ1) is 20.9. The third kappa shape index (κ3) is 6.35. The van der Waals surface area contributed by atoms with Crippen LogP contribution >= 0.6 is 24.0 Å². The molecule has 27 heavy (non-hydrogen) atoms. The van der Waals surface area contributed by atoms with E-state index in [0.717, 1.165) is 23.5 Å². The van der Waals surface area contributed by atoms with E-state index < -0.39 is 0 Å². The molecule has 0 fully saturated rings. The average molecular weight is 479 g/mol. The number of halogens is 2. The number of benzene rings is 2. The number of guanidine groups is 1. The number of hydrogen-bond donors (Lipinski definition) is 2. The van der Waals surface area contributed by atoms with E-state index >= 15 is 0 Å². The summed E-state index contributed by atoms with van der Waals surface area (Å²) in [5.74, 6) is 0.461. The summed E-state index contributed by atoms with van der Waals surface area (Å²) in [5, 5.41) is 11.0. The Morgan fingerprint density at radius 2 is 1.78 bits per heavy atom. The molecule has 2 aromatic carbocycles. The number of hydrogen-bond acceptors (Lipinski definition) is 2. The largest absolute Gasteiger partial charge is 0.357 e. The first-order valence-corrected chi connectivity index (χ1v) is 8.61. The van der Waals surface area contributed by atoms with Crippen molar-refractivity contribution in [3.8, 4) is 5.69 Å². The van der Waals surface area contributed by atoms with E-state index in [-0.39, 0.29) is 29.8 Å². The number of nitrogens with zero attached hydrogens (tertiary/aromatic N) is 3. The van der Waals surface area contributed by atoms with Crippen molar-refractivity contribution in [2.45, 2.75) is 20.0 Å². The number of para-hydroxylation sites is 1. The summed E-state index contributed by atoms with van der Waals surface area (Å²) >= 11 is 0. The van der Waals surface area contributed by atoms with Crippen LogP contribution in [0.15, 0.2) is 71.9 Å². The van der Waals surface area contributed by atoms with E-state index in [1.165, 1.54) is 12.1 Å². The Morgan fingerprint density at radius 1 is 1.04 bits per heavy atom. The molecule has 142 valence electrons. The highest BCUT2D eigenvalue weighted by molar-refractivity contribution is 14.0. The zero-order chi connectivity index (χ0) is 18.2. The zero-order valence-electron chi connectivity index (χ0n) is 15.1. The van der Waals surface area contributed by atoms with E-state index in [1.54, 1.807) is 12.1 Å². The number of nitrogens with one attached hydrogen (secondary N) is 2. The molecule has 1 aromatic heterocycles. The molecule has 5 nitrogen and oxygen atoms in total. The lowest BCUT2D eigenvalue weighted by Crippen LogP contribution is -2.36. The Bertz CT molecular complexity index is 846. The van der Waals surface area contributed by atoms with Crippen LogP contribution in [0.1, 0.15) is 18.2 Å². The third-order valence-electron chi connectivity index (χ3n) is 3.78. The molecule has 3 rings (SSSR count). The van der Waals surface area contributed by atoms with Gasteiger partial charge in [-0.05, 0) is 42.8 Å². The molecule has 0 unspecified atom stereocenters. The van der Waals surface area contributed by atoms with E-state index in [4.69, 9.17) is 0 Å². The van der Waals surface area contributed by atoms with Gasteiger partial charge in [-0.1, -0.05) is 30.3 Å². The molecule has 0 atom stereocenters. The first-order chi connectivity index (χ1) is 12.7. The SMILES string of the molecule is CCNC(=NCc1ccc(F)cc1)NCc1ccn(-c2ccccc2)n1.I. The van der Waals surface area contributed by atoms with E-state index in [2.05, 4.69) is 20.7 Å². The summed E-state index contributed by atoms with van der Waals surface area (Å²) in [6, 6.07) is 18.3. The van der Waals surface area contributed by atoms with Crippen LogP contribution in [0.25, 0.3) is 5.69 Å². The van der Waals surface area contributed by atoms with E-state index in [1.807, 2.05) is 54.2 Å². The number of aliphatic imine (C=N–C) groups is 1. The van der Waals surface area contributed by atoms with Gasteiger partial charge in [0, 0.05) is 12.7 Å². The van der Waals surface area contributed by atoms with Crippen LogP contribution in [0, 0.1) is 5.82 Å². The Labute approximate surface area is 175 Å². The summed E-state index contributed by atoms with van der Waals surface area (Å²) in [7, 11) is 0. The minimum Gasteiger partial charge on any atom is -0.357 e. The van der Waals surface area contributed by atoms with Crippen LogP contribution < -0.4 is 10.6 Å². The fourth-order valence-corrected chi connectivity index (χ4v) is 2.46. The van der Waals surface area contributed by atoms with Gasteiger partial charge in [0.25, 0.3) is 0 Å². The molecular formula is C20H23FIN5. The minimum atomic E-state index is -0.239. The summed E-state index contributed by atoms with van der Waals surface area (Å²) < 4.78 is 14.8. The van der Waals surface area contributed by atoms with Crippen molar-refractivity contribution < 1.29 is 4.39 Å². The van der Waals surface area contributed by atoms with Crippen LogP contribution in [0.3, 0.4) is 0 Å². The van der Waals surface area contributed by atoms with E-state index in [0.29, 0.717) is 19.0 Å². The average Bonchev–Trinajstić information content (AvgIpc) is 3.15. The molecule has 0 aliphatic heterocycles. The molecule has 0 saturated carbocycles. The van der Waals surface area contributed by atoms with E-state index in [9.17, 15) is 4.39 Å². The molecule has 0 radical (unpaired) electrons. The Hall–Kier alpha value is -2.42. The lowest BCUT2D eigenvalue weighted by Gasteiger charge is -2.10. The van der Waals surface area contributed by atoms with Crippen molar-refractivity contribution in [3.05, 3.63) is 83.9 Å². The van der Waals surface area contributed by atoms with Crippen molar-refractivity contribution in [1.82, 2.24) is 20.4 Å². The molecular weight excluding hydrogens is 456 g/mol. The second-order valence-corrected chi connectivity index (χ2v) is 5.76. The maximum atomic E-state index is 13.0. The Kier molecular flexibility index (Phi) is 8.25. The van der Waals surface area contributed by atoms with Gasteiger partial charge in [-0.3, -0.25) is 0 Å². The minimum absolute atomic E-state index is 0. The summed E-state index contributed by atoms with van der Waals surface area (Å²) in [6.45, 7) is 3.82. The second kappa shape index (κ2) is 10.7. The topological polar surface area (TPSA) is 54.2 Å². The summed E-state index contributed by atoms with van der Waals surface area (Å²) in [6.07, 6.45) is 1.94. The van der Waals surface area contributed by atoms with Gasteiger partial charge in [0.15, 0.2) is 5.96 Å². The van der Waals surface area contributed by atoms with Gasteiger partial charge < -0.3 is 10.6 Å². The molecule has 0 bridgehead atoms. The van der Waals surface area contributed by atoms with Gasteiger partial charge >= 0.3 is 0 Å². The Balaban J connectivity index is 0.00000261. The van der Waals surface area contributed by atoms with Crippen molar-refractivity contribution in [2.24, 2.45) is 4.99 Å². The predicted octanol–water partition coefficient (Wildman–Crippen LogP) is 3.88. The van der Waals surface area contributed by atoms with Crippen molar-refractivity contribution in [1.29, 1.82) is 0 Å². The highest BCUT2D eigenvalue weighted by Gasteiger charge is 2.03. The highest BCUT2D eigenvalue weighted by atomic mass is 127. The standard InChI is InChI=1S/C20H22FN5.HI/c1-2-22-20(23-14-16-8-10-17(21)11-9-16)24-15-18-12-13-26(25-18)19-6-4-3-5-7-19;/h3-13H,2,14-15H2,1H3,(H2,22,23,24);1H. The fourth-order valence-electron chi connectivity index (χ4n) is 2.46. The van der Waals surface area contributed by atoms with Crippen LogP contribution in [0.5, 0.6) is 0 Å². The lowest BCUT2D eigenvalue weighted by molar-refractivity contribution is 0.627. The lowest BCUT2D eigenvalue weighted by atomic mass is 10.2. The summed E-state index contributed by atoms with van der Waals surface area (Å²) in [5.41, 5.74) is 2.90. The van der Waals surface area contributed by atoms with Crippen LogP contribution in [0.2, 0.25) is 0 Å². The third-order valence-corrected chi connectivity index (χ3v) is 3.78. The molecule has 0 spiro atoms. The number of rotatable bonds is 6. The van der Waals surface area contributed by atoms with Gasteiger partial charge in [0.05, 0.1) is 24.5 Å². The first-order valence-electron chi connectivity index (χ1n) is 8.61. The normalized spacial score (nSPS) is 11.0. The monoisotopic (exact) mass is 479 g/mol. The van der Waals surface area contributed by atoms with Crippen LogP contribution in [-0.4, -0.2) is 22.3 Å². The molecule has 0 aliphatic carbocycles. The maximum absolute atomic E-state index is 13.0. The molecule has 7 heteroatoms. The molecule has 3 aromatic rings. The fraction of sp³-hybridized carbons (Fsp3) is 0.200. The van der Waals surface area contributed by atoms with Gasteiger partial charge in [0.1, 0.15) is 5.82 Å². The van der Waals surface area contributed by atoms with Gasteiger partial charge in [-0.25, -0.2) is 14.1 Å². The van der Waals surface area contributed by atoms with Crippen molar-refractivity contribution >= 4 is 29.9 Å².